The van der Waals surface area contributed by atoms with Crippen molar-refractivity contribution in [3.8, 4) is 0 Å². The molecule has 2 aromatic rings. The smallest absolute Gasteiger partial charge is 0.0654 e. The van der Waals surface area contributed by atoms with E-state index < -0.39 is 0 Å². The molecule has 17 heavy (non-hydrogen) atoms. The average molecular weight is 264 g/mol. The Bertz CT molecular complexity index is 521. The van der Waals surface area contributed by atoms with Crippen LogP contribution < -0.4 is 0 Å². The van der Waals surface area contributed by atoms with Crippen molar-refractivity contribution in [1.82, 2.24) is 0 Å². The SMILES string of the molecule is Clc1ccc(CN=Cc2ccccc2)c(Cl)c1. The van der Waals surface area contributed by atoms with E-state index in [0.29, 0.717) is 16.6 Å². The molecule has 0 aliphatic carbocycles. The zero-order valence-corrected chi connectivity index (χ0v) is 10.6. The van der Waals surface area contributed by atoms with Crippen molar-refractivity contribution < 1.29 is 0 Å². The summed E-state index contributed by atoms with van der Waals surface area (Å²) in [6, 6.07) is 15.4. The van der Waals surface area contributed by atoms with Gasteiger partial charge in [0.2, 0.25) is 0 Å². The van der Waals surface area contributed by atoms with Crippen LogP contribution in [0.15, 0.2) is 53.5 Å². The molecule has 0 unspecified atom stereocenters. The third kappa shape index (κ3) is 3.58. The lowest BCUT2D eigenvalue weighted by Gasteiger charge is -2.00. The Morgan fingerprint density at radius 2 is 1.76 bits per heavy atom. The summed E-state index contributed by atoms with van der Waals surface area (Å²) in [5.74, 6) is 0. The summed E-state index contributed by atoms with van der Waals surface area (Å²) in [5, 5.41) is 1.30. The molecule has 0 saturated carbocycles. The van der Waals surface area contributed by atoms with Crippen LogP contribution in [0.2, 0.25) is 10.0 Å². The quantitative estimate of drug-likeness (QED) is 0.718. The predicted octanol–water partition coefficient (Wildman–Crippen LogP) is 4.61. The fraction of sp³-hybridized carbons (Fsp3) is 0.0714. The van der Waals surface area contributed by atoms with Crippen LogP contribution in [0.4, 0.5) is 0 Å². The van der Waals surface area contributed by atoms with E-state index in [2.05, 4.69) is 4.99 Å². The molecule has 1 nitrogen and oxygen atoms in total. The van der Waals surface area contributed by atoms with Gasteiger partial charge in [0.25, 0.3) is 0 Å². The van der Waals surface area contributed by atoms with E-state index >= 15 is 0 Å². The Balaban J connectivity index is 2.05. The van der Waals surface area contributed by atoms with Crippen molar-refractivity contribution in [2.75, 3.05) is 0 Å². The minimum atomic E-state index is 0.560. The minimum Gasteiger partial charge on any atom is -0.288 e. The third-order valence-corrected chi connectivity index (χ3v) is 2.90. The van der Waals surface area contributed by atoms with Gasteiger partial charge < -0.3 is 0 Å². The summed E-state index contributed by atoms with van der Waals surface area (Å²) < 4.78 is 0. The molecule has 0 heterocycles. The zero-order valence-electron chi connectivity index (χ0n) is 9.11. The first-order valence-electron chi connectivity index (χ1n) is 5.24. The molecular formula is C14H11Cl2N. The van der Waals surface area contributed by atoms with Gasteiger partial charge in [0.1, 0.15) is 0 Å². The van der Waals surface area contributed by atoms with Gasteiger partial charge in [-0.15, -0.1) is 0 Å². The lowest BCUT2D eigenvalue weighted by molar-refractivity contribution is 1.08. The van der Waals surface area contributed by atoms with Crippen molar-refractivity contribution in [3.63, 3.8) is 0 Å². The number of hydrogen-bond donors (Lipinski definition) is 0. The summed E-state index contributed by atoms with van der Waals surface area (Å²) in [6.07, 6.45) is 1.84. The number of halogens is 2. The molecule has 0 atom stereocenters. The highest BCUT2D eigenvalue weighted by Crippen LogP contribution is 2.21. The van der Waals surface area contributed by atoms with Crippen LogP contribution in [0.1, 0.15) is 11.1 Å². The third-order valence-electron chi connectivity index (χ3n) is 2.32. The van der Waals surface area contributed by atoms with Crippen LogP contribution in [-0.4, -0.2) is 6.21 Å². The highest BCUT2D eigenvalue weighted by atomic mass is 35.5. The maximum Gasteiger partial charge on any atom is 0.0654 e. The van der Waals surface area contributed by atoms with Crippen LogP contribution >= 0.6 is 23.2 Å². The Morgan fingerprint density at radius 1 is 1.00 bits per heavy atom. The lowest BCUT2D eigenvalue weighted by Crippen LogP contribution is -1.85. The number of benzene rings is 2. The first kappa shape index (κ1) is 12.2. The van der Waals surface area contributed by atoms with E-state index in [0.717, 1.165) is 11.1 Å². The molecule has 2 aromatic carbocycles. The Kier molecular flexibility index (Phi) is 4.18. The summed E-state index contributed by atoms with van der Waals surface area (Å²) >= 11 is 11.9. The molecule has 0 fully saturated rings. The summed E-state index contributed by atoms with van der Waals surface area (Å²) in [4.78, 5) is 4.35. The van der Waals surface area contributed by atoms with Gasteiger partial charge in [-0.05, 0) is 23.3 Å². The van der Waals surface area contributed by atoms with Crippen LogP contribution in [0.25, 0.3) is 0 Å². The summed E-state index contributed by atoms with van der Waals surface area (Å²) in [6.45, 7) is 0.560. The lowest BCUT2D eigenvalue weighted by atomic mass is 10.2. The first-order valence-corrected chi connectivity index (χ1v) is 6.00. The Morgan fingerprint density at radius 3 is 2.47 bits per heavy atom. The molecule has 0 aromatic heterocycles. The van der Waals surface area contributed by atoms with Crippen LogP contribution in [0, 0.1) is 0 Å². The topological polar surface area (TPSA) is 12.4 Å². The second-order valence-corrected chi connectivity index (χ2v) is 4.46. The molecule has 0 N–H and O–H groups in total. The van der Waals surface area contributed by atoms with Crippen molar-refractivity contribution in [2.24, 2.45) is 4.99 Å². The maximum atomic E-state index is 6.05. The number of nitrogens with zero attached hydrogens (tertiary/aromatic N) is 1. The van der Waals surface area contributed by atoms with E-state index in [1.165, 1.54) is 0 Å². The first-order chi connectivity index (χ1) is 8.25. The maximum absolute atomic E-state index is 6.05. The summed E-state index contributed by atoms with van der Waals surface area (Å²) in [5.41, 5.74) is 2.06. The monoisotopic (exact) mass is 263 g/mol. The molecule has 0 saturated heterocycles. The van der Waals surface area contributed by atoms with Gasteiger partial charge >= 0.3 is 0 Å². The van der Waals surface area contributed by atoms with E-state index in [-0.39, 0.29) is 0 Å². The molecule has 0 amide bonds. The fourth-order valence-electron chi connectivity index (χ4n) is 1.44. The number of hydrogen-bond acceptors (Lipinski definition) is 1. The average Bonchev–Trinajstić information content (AvgIpc) is 2.33. The molecule has 0 spiro atoms. The van der Waals surface area contributed by atoms with Crippen LogP contribution in [-0.2, 0) is 6.54 Å². The second-order valence-electron chi connectivity index (χ2n) is 3.62. The van der Waals surface area contributed by atoms with E-state index in [4.69, 9.17) is 23.2 Å². The van der Waals surface area contributed by atoms with Crippen molar-refractivity contribution in [2.45, 2.75) is 6.54 Å². The van der Waals surface area contributed by atoms with Crippen molar-refractivity contribution in [1.29, 1.82) is 0 Å². The predicted molar refractivity (Wildman–Crippen MR) is 74.2 cm³/mol. The highest BCUT2D eigenvalue weighted by Gasteiger charge is 1.99. The van der Waals surface area contributed by atoms with Crippen LogP contribution in [0.3, 0.4) is 0 Å². The summed E-state index contributed by atoms with van der Waals surface area (Å²) in [7, 11) is 0. The van der Waals surface area contributed by atoms with E-state index in [1.807, 2.05) is 48.7 Å². The number of rotatable bonds is 3. The van der Waals surface area contributed by atoms with Crippen molar-refractivity contribution >= 4 is 29.4 Å². The number of aliphatic imine (C=N–C) groups is 1. The van der Waals surface area contributed by atoms with Gasteiger partial charge in [-0.3, -0.25) is 4.99 Å². The van der Waals surface area contributed by atoms with Gasteiger partial charge in [-0.25, -0.2) is 0 Å². The van der Waals surface area contributed by atoms with Crippen LogP contribution in [0.5, 0.6) is 0 Å². The Labute approximate surface area is 111 Å². The zero-order chi connectivity index (χ0) is 12.1. The standard InChI is InChI=1S/C14H11Cl2N/c15-13-7-6-12(14(16)8-13)10-17-9-11-4-2-1-3-5-11/h1-9H,10H2. The molecule has 0 aliphatic heterocycles. The van der Waals surface area contributed by atoms with Gasteiger partial charge in [-0.2, -0.15) is 0 Å². The Hall–Kier alpha value is -1.31. The normalized spacial score (nSPS) is 10.9. The fourth-order valence-corrected chi connectivity index (χ4v) is 1.91. The highest BCUT2D eigenvalue weighted by molar-refractivity contribution is 6.35. The molecule has 0 bridgehead atoms. The van der Waals surface area contributed by atoms with E-state index in [9.17, 15) is 0 Å². The molecule has 0 radical (unpaired) electrons. The molecule has 86 valence electrons. The molecule has 3 heteroatoms. The second kappa shape index (κ2) is 5.85. The molecular weight excluding hydrogens is 253 g/mol. The van der Waals surface area contributed by atoms with Gasteiger partial charge in [0, 0.05) is 16.3 Å². The van der Waals surface area contributed by atoms with Gasteiger partial charge in [0.15, 0.2) is 0 Å². The van der Waals surface area contributed by atoms with Gasteiger partial charge in [0.05, 0.1) is 6.54 Å². The van der Waals surface area contributed by atoms with E-state index in [1.54, 1.807) is 6.07 Å². The minimum absolute atomic E-state index is 0.560. The van der Waals surface area contributed by atoms with Gasteiger partial charge in [-0.1, -0.05) is 59.6 Å². The molecule has 2 rings (SSSR count). The van der Waals surface area contributed by atoms with Crippen molar-refractivity contribution in [3.05, 3.63) is 69.7 Å². The molecule has 0 aliphatic rings. The largest absolute Gasteiger partial charge is 0.288 e.